The summed E-state index contributed by atoms with van der Waals surface area (Å²) in [6, 6.07) is 3.66. The predicted molar refractivity (Wildman–Crippen MR) is 99.7 cm³/mol. The monoisotopic (exact) mass is 361 g/mol. The molecule has 136 valence electrons. The molecule has 0 bridgehead atoms. The summed E-state index contributed by atoms with van der Waals surface area (Å²) in [5, 5.41) is 4.38. The molecule has 2 amide bonds. The Balaban J connectivity index is 1.53. The molecule has 1 aliphatic heterocycles. The normalized spacial score (nSPS) is 19.0. The summed E-state index contributed by atoms with van der Waals surface area (Å²) in [5.74, 6) is 0.126. The molecule has 6 heteroatoms. The Morgan fingerprint density at radius 2 is 2.08 bits per heavy atom. The first-order valence-corrected chi connectivity index (χ1v) is 10.3. The van der Waals surface area contributed by atoms with Crippen molar-refractivity contribution < 1.29 is 9.59 Å². The van der Waals surface area contributed by atoms with Crippen LogP contribution < -0.4 is 5.32 Å². The smallest absolute Gasteiger partial charge is 0.254 e. The van der Waals surface area contributed by atoms with Gasteiger partial charge in [-0.2, -0.15) is 0 Å². The topological polar surface area (TPSA) is 62.3 Å². The SMILES string of the molecule is O=C(NCCN1CCCCCC1=O)c1cccnc1SC1CCCC1. The van der Waals surface area contributed by atoms with Gasteiger partial charge in [0, 0.05) is 37.5 Å². The van der Waals surface area contributed by atoms with Crippen molar-refractivity contribution in [3.8, 4) is 0 Å². The molecule has 0 aromatic carbocycles. The summed E-state index contributed by atoms with van der Waals surface area (Å²) < 4.78 is 0. The minimum Gasteiger partial charge on any atom is -0.350 e. The summed E-state index contributed by atoms with van der Waals surface area (Å²) in [6.45, 7) is 1.90. The van der Waals surface area contributed by atoms with E-state index in [0.29, 0.717) is 30.3 Å². The van der Waals surface area contributed by atoms with Gasteiger partial charge in [-0.05, 0) is 37.8 Å². The lowest BCUT2D eigenvalue weighted by atomic mass is 10.2. The summed E-state index contributed by atoms with van der Waals surface area (Å²) in [5.41, 5.74) is 0.654. The number of rotatable bonds is 6. The Morgan fingerprint density at radius 1 is 1.24 bits per heavy atom. The van der Waals surface area contributed by atoms with Crippen LogP contribution in [0, 0.1) is 0 Å². The fraction of sp³-hybridized carbons (Fsp3) is 0.632. The van der Waals surface area contributed by atoms with Crippen LogP contribution in [0.3, 0.4) is 0 Å². The zero-order valence-electron chi connectivity index (χ0n) is 14.7. The van der Waals surface area contributed by atoms with Crippen LogP contribution in [0.1, 0.15) is 61.7 Å². The van der Waals surface area contributed by atoms with Crippen LogP contribution in [0.2, 0.25) is 0 Å². The van der Waals surface area contributed by atoms with E-state index < -0.39 is 0 Å². The van der Waals surface area contributed by atoms with Crippen LogP contribution in [-0.4, -0.2) is 46.6 Å². The van der Waals surface area contributed by atoms with Crippen LogP contribution >= 0.6 is 11.8 Å². The van der Waals surface area contributed by atoms with E-state index in [-0.39, 0.29) is 11.8 Å². The fourth-order valence-corrected chi connectivity index (χ4v) is 4.79. The maximum absolute atomic E-state index is 12.6. The van der Waals surface area contributed by atoms with E-state index in [1.165, 1.54) is 25.7 Å². The number of thioether (sulfide) groups is 1. The van der Waals surface area contributed by atoms with E-state index in [1.807, 2.05) is 17.0 Å². The third-order valence-electron chi connectivity index (χ3n) is 4.93. The number of amides is 2. The zero-order chi connectivity index (χ0) is 17.5. The first-order valence-electron chi connectivity index (χ1n) is 9.41. The molecule has 2 fully saturated rings. The lowest BCUT2D eigenvalue weighted by Crippen LogP contribution is -2.38. The number of hydrogen-bond acceptors (Lipinski definition) is 4. The van der Waals surface area contributed by atoms with Gasteiger partial charge < -0.3 is 10.2 Å². The second-order valence-electron chi connectivity index (χ2n) is 6.83. The summed E-state index contributed by atoms with van der Waals surface area (Å²) >= 11 is 1.73. The van der Waals surface area contributed by atoms with Gasteiger partial charge in [-0.1, -0.05) is 19.3 Å². The van der Waals surface area contributed by atoms with E-state index >= 15 is 0 Å². The number of carbonyl (C=O) groups excluding carboxylic acids is 2. The van der Waals surface area contributed by atoms with E-state index in [9.17, 15) is 9.59 Å². The van der Waals surface area contributed by atoms with Crippen molar-refractivity contribution in [2.75, 3.05) is 19.6 Å². The molecule has 0 spiro atoms. The van der Waals surface area contributed by atoms with Gasteiger partial charge in [0.1, 0.15) is 5.03 Å². The second kappa shape index (κ2) is 9.22. The molecule has 1 saturated heterocycles. The molecule has 25 heavy (non-hydrogen) atoms. The Bertz CT molecular complexity index is 602. The molecule has 0 atom stereocenters. The highest BCUT2D eigenvalue weighted by atomic mass is 32.2. The van der Waals surface area contributed by atoms with Gasteiger partial charge in [-0.25, -0.2) is 4.98 Å². The van der Waals surface area contributed by atoms with Crippen LogP contribution in [0.5, 0.6) is 0 Å². The molecule has 5 nitrogen and oxygen atoms in total. The molecule has 1 aromatic rings. The van der Waals surface area contributed by atoms with Crippen molar-refractivity contribution in [1.82, 2.24) is 15.2 Å². The average Bonchev–Trinajstić information content (AvgIpc) is 3.04. The number of nitrogens with zero attached hydrogens (tertiary/aromatic N) is 2. The van der Waals surface area contributed by atoms with Gasteiger partial charge in [-0.15, -0.1) is 11.8 Å². The van der Waals surface area contributed by atoms with Crippen molar-refractivity contribution in [1.29, 1.82) is 0 Å². The Labute approximate surface area is 154 Å². The minimum absolute atomic E-state index is 0.0872. The van der Waals surface area contributed by atoms with E-state index in [4.69, 9.17) is 0 Å². The largest absolute Gasteiger partial charge is 0.350 e. The van der Waals surface area contributed by atoms with Gasteiger partial charge in [0.25, 0.3) is 5.91 Å². The number of carbonyl (C=O) groups is 2. The highest BCUT2D eigenvalue weighted by Crippen LogP contribution is 2.35. The summed E-state index contributed by atoms with van der Waals surface area (Å²) in [6.07, 6.45) is 10.5. The zero-order valence-corrected chi connectivity index (χ0v) is 15.5. The molecule has 1 aliphatic carbocycles. The van der Waals surface area contributed by atoms with E-state index in [1.54, 1.807) is 18.0 Å². The number of nitrogens with one attached hydrogen (secondary N) is 1. The Hall–Kier alpha value is -1.56. The van der Waals surface area contributed by atoms with Crippen LogP contribution in [0.4, 0.5) is 0 Å². The molecule has 1 saturated carbocycles. The first-order chi connectivity index (χ1) is 12.2. The molecule has 1 aromatic heterocycles. The van der Waals surface area contributed by atoms with Crippen LogP contribution in [0.25, 0.3) is 0 Å². The van der Waals surface area contributed by atoms with Gasteiger partial charge in [0.15, 0.2) is 0 Å². The Morgan fingerprint density at radius 3 is 2.92 bits per heavy atom. The maximum atomic E-state index is 12.6. The molecule has 2 heterocycles. The van der Waals surface area contributed by atoms with Crippen LogP contribution in [-0.2, 0) is 4.79 Å². The number of aromatic nitrogens is 1. The van der Waals surface area contributed by atoms with Crippen LogP contribution in [0.15, 0.2) is 23.4 Å². The summed E-state index contributed by atoms with van der Waals surface area (Å²) in [7, 11) is 0. The molecular formula is C19H27N3O2S. The molecule has 0 radical (unpaired) electrons. The van der Waals surface area contributed by atoms with Crippen molar-refractivity contribution in [3.05, 3.63) is 23.9 Å². The lowest BCUT2D eigenvalue weighted by Gasteiger charge is -2.20. The quantitative estimate of drug-likeness (QED) is 0.845. The van der Waals surface area contributed by atoms with Gasteiger partial charge in [-0.3, -0.25) is 9.59 Å². The first kappa shape index (κ1) is 18.2. The highest BCUT2D eigenvalue weighted by molar-refractivity contribution is 7.99. The van der Waals surface area contributed by atoms with Gasteiger partial charge >= 0.3 is 0 Å². The molecule has 2 aliphatic rings. The molecule has 1 N–H and O–H groups in total. The van der Waals surface area contributed by atoms with Crippen molar-refractivity contribution in [2.45, 2.75) is 61.6 Å². The van der Waals surface area contributed by atoms with Crippen molar-refractivity contribution in [3.63, 3.8) is 0 Å². The third kappa shape index (κ3) is 5.21. The average molecular weight is 362 g/mol. The van der Waals surface area contributed by atoms with Gasteiger partial charge in [0.05, 0.1) is 5.56 Å². The maximum Gasteiger partial charge on any atom is 0.254 e. The highest BCUT2D eigenvalue weighted by Gasteiger charge is 2.21. The van der Waals surface area contributed by atoms with Gasteiger partial charge in [0.2, 0.25) is 5.91 Å². The van der Waals surface area contributed by atoms with E-state index in [0.717, 1.165) is 30.8 Å². The Kier molecular flexibility index (Phi) is 6.73. The molecule has 0 unspecified atom stereocenters. The standard InChI is InChI=1S/C19H27N3O2S/c23-17-10-2-1-5-13-22(17)14-12-20-18(24)16-9-6-11-21-19(16)25-15-7-3-4-8-15/h6,9,11,15H,1-5,7-8,10,12-14H2,(H,20,24). The molecule has 3 rings (SSSR count). The van der Waals surface area contributed by atoms with Crippen molar-refractivity contribution >= 4 is 23.6 Å². The van der Waals surface area contributed by atoms with Crippen molar-refractivity contribution in [2.24, 2.45) is 0 Å². The predicted octanol–water partition coefficient (Wildman–Crippen LogP) is 3.25. The third-order valence-corrected chi connectivity index (χ3v) is 6.29. The second-order valence-corrected chi connectivity index (χ2v) is 8.12. The number of pyridine rings is 1. The number of hydrogen-bond donors (Lipinski definition) is 1. The molecular weight excluding hydrogens is 334 g/mol. The fourth-order valence-electron chi connectivity index (χ4n) is 3.50. The number of likely N-dealkylation sites (tertiary alicyclic amines) is 1. The lowest BCUT2D eigenvalue weighted by molar-refractivity contribution is -0.130. The minimum atomic E-state index is -0.0872. The summed E-state index contributed by atoms with van der Waals surface area (Å²) in [4.78, 5) is 30.9. The van der Waals surface area contributed by atoms with E-state index in [2.05, 4.69) is 10.3 Å².